The van der Waals surface area contributed by atoms with Gasteiger partial charge in [-0.2, -0.15) is 0 Å². The number of phosphoric acid groups is 2. The van der Waals surface area contributed by atoms with Crippen LogP contribution in [-0.4, -0.2) is 125 Å². The lowest BCUT2D eigenvalue weighted by Gasteiger charge is -2.43. The molecule has 20 heteroatoms. The summed E-state index contributed by atoms with van der Waals surface area (Å²) in [4.78, 5) is 54.4. The first-order valence-electron chi connectivity index (χ1n) is 25.1. The summed E-state index contributed by atoms with van der Waals surface area (Å²) in [5, 5.41) is 61.7. The predicted octanol–water partition coefficient (Wildman–Crippen LogP) is 7.78. The first-order valence-corrected chi connectivity index (χ1v) is 28.1. The number of hydrogen-bond acceptors (Lipinski definition) is 15. The summed E-state index contributed by atoms with van der Waals surface area (Å²) in [5.41, 5.74) is 0. The maximum Gasteiger partial charge on any atom is 0.472 e. The number of phosphoric ester groups is 2. The largest absolute Gasteiger partial charge is 0.472 e. The van der Waals surface area contributed by atoms with Gasteiger partial charge in [0, 0.05) is 12.8 Å². The molecule has 69 heavy (non-hydrogen) atoms. The molecule has 9 N–H and O–H groups in total. The van der Waals surface area contributed by atoms with E-state index < -0.39 is 95.7 Å². The first kappa shape index (κ1) is 64.6. The van der Waals surface area contributed by atoms with Crippen molar-refractivity contribution in [1.82, 2.24) is 0 Å². The van der Waals surface area contributed by atoms with E-state index in [9.17, 15) is 64.0 Å². The van der Waals surface area contributed by atoms with Gasteiger partial charge in [-0.3, -0.25) is 23.2 Å². The van der Waals surface area contributed by atoms with Gasteiger partial charge in [-0.1, -0.05) is 152 Å². The smallest absolute Gasteiger partial charge is 0.462 e. The van der Waals surface area contributed by atoms with Crippen molar-refractivity contribution in [2.45, 2.75) is 223 Å². The lowest BCUT2D eigenvalue weighted by atomic mass is 9.85. The van der Waals surface area contributed by atoms with Gasteiger partial charge in [0.1, 0.15) is 43.2 Å². The zero-order valence-corrected chi connectivity index (χ0v) is 42.7. The van der Waals surface area contributed by atoms with E-state index in [-0.39, 0.29) is 25.7 Å². The fraction of sp³-hybridized carbons (Fsp3) is 0.755. The van der Waals surface area contributed by atoms with Crippen LogP contribution in [-0.2, 0) is 41.8 Å². The lowest BCUT2D eigenvalue weighted by Crippen LogP contribution is -2.64. The third-order valence-corrected chi connectivity index (χ3v) is 12.8. The van der Waals surface area contributed by atoms with Gasteiger partial charge in [0.2, 0.25) is 0 Å². The van der Waals surface area contributed by atoms with E-state index in [4.69, 9.17) is 18.5 Å². The highest BCUT2D eigenvalue weighted by Gasteiger charge is 2.54. The Kier molecular flexibility index (Phi) is 36.7. The average molecular weight is 1030 g/mol. The maximum atomic E-state index is 13.0. The molecule has 1 saturated carbocycles. The fourth-order valence-corrected chi connectivity index (χ4v) is 8.81. The predicted molar refractivity (Wildman–Crippen MR) is 262 cm³/mol. The van der Waals surface area contributed by atoms with Crippen LogP contribution in [0, 0.1) is 0 Å². The molecule has 18 nitrogen and oxygen atoms in total. The van der Waals surface area contributed by atoms with Crippen LogP contribution in [0.5, 0.6) is 0 Å². The number of allylic oxidation sites excluding steroid dienone is 7. The zero-order valence-electron chi connectivity index (χ0n) is 40.9. The van der Waals surface area contributed by atoms with E-state index in [0.717, 1.165) is 70.6 Å². The van der Waals surface area contributed by atoms with Crippen molar-refractivity contribution in [3.8, 4) is 0 Å². The van der Waals surface area contributed by atoms with Gasteiger partial charge in [0.15, 0.2) is 6.10 Å². The Morgan fingerprint density at radius 3 is 1.59 bits per heavy atom. The van der Waals surface area contributed by atoms with E-state index in [0.29, 0.717) is 12.8 Å². The number of aliphatic hydroxyl groups excluding tert-OH is 6. The Bertz CT molecular complexity index is 1600. The molecule has 0 aromatic rings. The maximum absolute atomic E-state index is 13.0. The number of esters is 2. The minimum atomic E-state index is -5.39. The molecule has 1 rings (SSSR count). The van der Waals surface area contributed by atoms with Gasteiger partial charge < -0.3 is 54.8 Å². The number of hydrogen-bond donors (Lipinski definition) is 9. The van der Waals surface area contributed by atoms with Crippen molar-refractivity contribution >= 4 is 27.6 Å². The van der Waals surface area contributed by atoms with E-state index in [2.05, 4.69) is 36.6 Å². The first-order chi connectivity index (χ1) is 32.9. The SMILES string of the molecule is CCCCC/C=C\C[C@@H](O)/C=C/C=C/C=C\[C@@H](O)CCCC(=O)OC[C@H](COP(=O)(O)O[C@H]1C(O)C(O)C(O)[C@@H](OP(=O)(O)O)C1O)OC(=O)CCCCCCCCC/C=C\CCCCCCCC. The standard InChI is InChI=1S/C49H86O18P2/c1-3-5-7-9-11-12-13-14-15-16-17-18-19-20-21-23-29-35-43(53)65-41(38-64-69(61,62)67-49-46(56)44(54)45(55)48(47(49)57)66-68(58,59)60)37-63-42(52)36-30-34-40(51)33-28-25-24-27-32-39(50)31-26-22-10-8-6-4-2/h14-15,22,24-28,32-33,39-41,44-51,54-57H,3-13,16-21,23,29-31,34-38H2,1-2H3,(H,61,62)(H2,58,59,60)/b15-14-,25-24+,26-22-,32-27+,33-28-/t39-,40-,41-,44?,45?,46?,47?,48-,49+/m1/s1. The van der Waals surface area contributed by atoms with Crippen LogP contribution in [0.2, 0.25) is 0 Å². The van der Waals surface area contributed by atoms with Crippen molar-refractivity contribution in [2.75, 3.05) is 13.2 Å². The molecule has 1 fully saturated rings. The molecule has 0 saturated heterocycles. The molecule has 1 aliphatic rings. The molecule has 0 aliphatic heterocycles. The number of unbranched alkanes of at least 4 members (excludes halogenated alkanes) is 16. The van der Waals surface area contributed by atoms with Crippen LogP contribution in [0.25, 0.3) is 0 Å². The number of ether oxygens (including phenoxy) is 2. The molecular formula is C49H86O18P2. The molecule has 0 bridgehead atoms. The molecule has 1 aliphatic carbocycles. The second-order valence-electron chi connectivity index (χ2n) is 17.6. The van der Waals surface area contributed by atoms with Crippen LogP contribution in [0.3, 0.4) is 0 Å². The second kappa shape index (κ2) is 39.2. The highest BCUT2D eigenvalue weighted by molar-refractivity contribution is 7.47. The Morgan fingerprint density at radius 2 is 1.01 bits per heavy atom. The van der Waals surface area contributed by atoms with Gasteiger partial charge in [-0.15, -0.1) is 0 Å². The molecule has 0 aromatic heterocycles. The van der Waals surface area contributed by atoms with Crippen LogP contribution in [0.15, 0.2) is 60.8 Å². The third kappa shape index (κ3) is 33.8. The van der Waals surface area contributed by atoms with Gasteiger partial charge in [0.05, 0.1) is 18.8 Å². The summed E-state index contributed by atoms with van der Waals surface area (Å²) in [6.45, 7) is 2.84. The Morgan fingerprint density at radius 1 is 0.536 bits per heavy atom. The Hall–Kier alpha value is -2.38. The number of aliphatic hydroxyl groups is 6. The molecule has 0 radical (unpaired) electrons. The van der Waals surface area contributed by atoms with Crippen LogP contribution in [0.4, 0.5) is 0 Å². The van der Waals surface area contributed by atoms with Crippen molar-refractivity contribution in [3.63, 3.8) is 0 Å². The van der Waals surface area contributed by atoms with Crippen molar-refractivity contribution in [1.29, 1.82) is 0 Å². The highest BCUT2D eigenvalue weighted by atomic mass is 31.2. The van der Waals surface area contributed by atoms with Gasteiger partial charge >= 0.3 is 27.6 Å². The van der Waals surface area contributed by atoms with Gasteiger partial charge in [-0.05, 0) is 64.2 Å². The molecule has 10 atom stereocenters. The summed E-state index contributed by atoms with van der Waals surface area (Å²) in [5.74, 6) is -1.45. The van der Waals surface area contributed by atoms with Gasteiger partial charge in [0.25, 0.3) is 0 Å². The molecule has 400 valence electrons. The molecule has 5 unspecified atom stereocenters. The fourth-order valence-electron chi connectivity index (χ4n) is 7.27. The topological polar surface area (TPSA) is 296 Å². The van der Waals surface area contributed by atoms with Crippen LogP contribution in [0.1, 0.15) is 168 Å². The molecule has 0 amide bonds. The summed E-state index contributed by atoms with van der Waals surface area (Å²) < 4.78 is 49.3. The van der Waals surface area contributed by atoms with Crippen LogP contribution >= 0.6 is 15.6 Å². The number of carbonyl (C=O) groups is 2. The Balaban J connectivity index is 2.68. The average Bonchev–Trinajstić information content (AvgIpc) is 3.29. The quantitative estimate of drug-likeness (QED) is 0.00928. The van der Waals surface area contributed by atoms with Crippen molar-refractivity contribution in [3.05, 3.63) is 60.8 Å². The Labute approximate surface area is 410 Å². The van der Waals surface area contributed by atoms with Gasteiger partial charge in [-0.25, -0.2) is 9.13 Å². The van der Waals surface area contributed by atoms with E-state index in [1.807, 2.05) is 6.08 Å². The molecular weight excluding hydrogens is 938 g/mol. The van der Waals surface area contributed by atoms with E-state index >= 15 is 0 Å². The van der Waals surface area contributed by atoms with E-state index in [1.165, 1.54) is 51.0 Å². The molecule has 0 heterocycles. The molecule has 0 spiro atoms. The minimum absolute atomic E-state index is 0.0154. The highest BCUT2D eigenvalue weighted by Crippen LogP contribution is 2.49. The van der Waals surface area contributed by atoms with Crippen molar-refractivity contribution < 1.29 is 87.1 Å². The lowest BCUT2D eigenvalue weighted by molar-refractivity contribution is -0.216. The molecule has 0 aromatic carbocycles. The normalized spacial score (nSPS) is 22.5. The van der Waals surface area contributed by atoms with Crippen LogP contribution < -0.4 is 0 Å². The summed E-state index contributed by atoms with van der Waals surface area (Å²) in [7, 11) is -10.8. The number of rotatable bonds is 41. The minimum Gasteiger partial charge on any atom is -0.462 e. The van der Waals surface area contributed by atoms with Crippen molar-refractivity contribution in [2.24, 2.45) is 0 Å². The summed E-state index contributed by atoms with van der Waals surface area (Å²) in [6, 6.07) is 0. The number of carbonyl (C=O) groups excluding carboxylic acids is 2. The van der Waals surface area contributed by atoms with E-state index in [1.54, 1.807) is 30.4 Å². The summed E-state index contributed by atoms with van der Waals surface area (Å²) >= 11 is 0. The monoisotopic (exact) mass is 1020 g/mol. The second-order valence-corrected chi connectivity index (χ2v) is 20.2. The third-order valence-electron chi connectivity index (χ3n) is 11.3. The summed E-state index contributed by atoms with van der Waals surface area (Å²) in [6.07, 6.45) is 23.5. The zero-order chi connectivity index (χ0) is 51.3.